The average Bonchev–Trinajstić information content (AvgIpc) is 3.02. The molecule has 3 rings (SSSR count). The van der Waals surface area contributed by atoms with Gasteiger partial charge in [-0.1, -0.05) is 19.4 Å². The van der Waals surface area contributed by atoms with E-state index >= 15 is 0 Å². The minimum Gasteiger partial charge on any atom is -0.493 e. The summed E-state index contributed by atoms with van der Waals surface area (Å²) in [5.41, 5.74) is 10.3. The number of anilines is 2. The number of halogens is 5. The Balaban J connectivity index is 2.11. The molecule has 0 aliphatic heterocycles. The summed E-state index contributed by atoms with van der Waals surface area (Å²) in [5.74, 6) is -1.82. The van der Waals surface area contributed by atoms with Gasteiger partial charge < -0.3 is 20.9 Å². The summed E-state index contributed by atoms with van der Waals surface area (Å²) in [6.45, 7) is 3.93. The van der Waals surface area contributed by atoms with Gasteiger partial charge in [0.25, 0.3) is 0 Å². The predicted octanol–water partition coefficient (Wildman–Crippen LogP) is 4.21. The number of esters is 1. The molecule has 0 atom stereocenters. The highest BCUT2D eigenvalue weighted by molar-refractivity contribution is 8.45. The molecule has 0 fully saturated rings. The Morgan fingerprint density at radius 3 is 2.29 bits per heavy atom. The van der Waals surface area contributed by atoms with Gasteiger partial charge in [0.1, 0.15) is 16.2 Å². The number of Topliss-reactive ketones (excluding diaryl/α,β-unsaturated/α-hetero) is 1. The van der Waals surface area contributed by atoms with Crippen LogP contribution in [0.3, 0.4) is 0 Å². The molecule has 192 valence electrons. The van der Waals surface area contributed by atoms with Crippen LogP contribution in [0.4, 0.5) is 31.1 Å². The fourth-order valence-electron chi connectivity index (χ4n) is 3.32. The number of nitrogens with two attached hydrogens (primary N) is 2. The number of aryl methyl sites for hydroxylation is 1. The lowest BCUT2D eigenvalue weighted by Gasteiger charge is -2.41. The van der Waals surface area contributed by atoms with Gasteiger partial charge in [-0.05, 0) is 38.5 Å². The van der Waals surface area contributed by atoms with Crippen molar-refractivity contribution in [1.29, 1.82) is 0 Å². The maximum Gasteiger partial charge on any atom is 0.380 e. The van der Waals surface area contributed by atoms with Gasteiger partial charge in [0.05, 0.1) is 19.4 Å². The first kappa shape index (κ1) is 26.0. The Labute approximate surface area is 196 Å². The molecule has 15 heteroatoms. The number of pyridine rings is 1. The van der Waals surface area contributed by atoms with Gasteiger partial charge in [0.15, 0.2) is 12.3 Å². The number of hydrogen-bond acceptors (Lipinski definition) is 7. The number of rotatable bonds is 8. The average molecular weight is 524 g/mol. The second kappa shape index (κ2) is 7.96. The van der Waals surface area contributed by atoms with Crippen molar-refractivity contribution in [2.24, 2.45) is 0 Å². The van der Waals surface area contributed by atoms with Crippen LogP contribution in [0.2, 0.25) is 0 Å². The third-order valence-electron chi connectivity index (χ3n) is 4.96. The summed E-state index contributed by atoms with van der Waals surface area (Å²) >= 11 is 0. The molecule has 2 heterocycles. The van der Waals surface area contributed by atoms with E-state index in [0.29, 0.717) is 0 Å². The molecular formula is C20H23F5N5O4S+. The van der Waals surface area contributed by atoms with E-state index in [1.807, 2.05) is 0 Å². The lowest BCUT2D eigenvalue weighted by atomic mass is 10.0. The smallest absolute Gasteiger partial charge is 0.380 e. The molecular weight excluding hydrogens is 501 g/mol. The molecule has 4 N–H and O–H groups in total. The van der Waals surface area contributed by atoms with Gasteiger partial charge in [-0.15, -0.1) is 4.68 Å². The van der Waals surface area contributed by atoms with Crippen LogP contribution in [-0.2, 0) is 11.3 Å². The van der Waals surface area contributed by atoms with Crippen molar-refractivity contribution in [2.45, 2.75) is 32.2 Å². The van der Waals surface area contributed by atoms with E-state index in [4.69, 9.17) is 20.9 Å². The van der Waals surface area contributed by atoms with Gasteiger partial charge in [-0.25, -0.2) is 4.79 Å². The molecule has 9 nitrogen and oxygen atoms in total. The minimum atomic E-state index is -10.1. The first-order chi connectivity index (χ1) is 16.0. The Bertz CT molecular complexity index is 1360. The van der Waals surface area contributed by atoms with Crippen LogP contribution in [0.5, 0.6) is 5.75 Å². The molecule has 0 saturated heterocycles. The highest BCUT2D eigenvalue weighted by Gasteiger charge is 2.65. The molecule has 0 aliphatic rings. The Morgan fingerprint density at radius 1 is 1.06 bits per heavy atom. The zero-order chi connectivity index (χ0) is 26.4. The number of nitrogens with zero attached hydrogens (tertiary/aromatic N) is 3. The number of ether oxygens (including phenoxy) is 2. The lowest BCUT2D eigenvalue weighted by Crippen LogP contribution is -2.27. The zero-order valence-corrected chi connectivity index (χ0v) is 19.7. The van der Waals surface area contributed by atoms with Crippen molar-refractivity contribution in [2.75, 3.05) is 24.7 Å². The molecule has 1 aromatic carbocycles. The summed E-state index contributed by atoms with van der Waals surface area (Å²) < 4.78 is 79.6. The lowest BCUT2D eigenvalue weighted by molar-refractivity contribution is -0.496. The molecule has 0 saturated carbocycles. The number of nitrogen functional groups attached to an aromatic ring is 2. The van der Waals surface area contributed by atoms with E-state index in [2.05, 4.69) is 5.10 Å². The molecule has 0 aliphatic carbocycles. The fraction of sp³-hybridized carbons (Fsp3) is 0.300. The first-order valence-corrected chi connectivity index (χ1v) is 12.1. The van der Waals surface area contributed by atoms with Gasteiger partial charge >= 0.3 is 22.1 Å². The number of fused-ring (bicyclic) bond motifs is 1. The van der Waals surface area contributed by atoms with Crippen LogP contribution in [0.15, 0.2) is 29.3 Å². The third kappa shape index (κ3) is 5.23. The van der Waals surface area contributed by atoms with Crippen LogP contribution in [0.25, 0.3) is 5.65 Å². The summed E-state index contributed by atoms with van der Waals surface area (Å²) in [6.07, 6.45) is 1.27. The van der Waals surface area contributed by atoms with E-state index in [1.165, 1.54) is 16.7 Å². The normalized spacial score (nSPS) is 13.8. The van der Waals surface area contributed by atoms with Gasteiger partial charge in [0.2, 0.25) is 5.65 Å². The highest BCUT2D eigenvalue weighted by Crippen LogP contribution is 3.02. The molecule has 0 radical (unpaired) electrons. The SMILES string of the molecule is CCOC(=O)c1c[n+]2c(N)nn(CC(=O)c3cc(S(F)(F)(F)(F)F)cc(C)c3N)c2cc1OCC. The largest absolute Gasteiger partial charge is 0.493 e. The van der Waals surface area contributed by atoms with Crippen molar-refractivity contribution < 1.29 is 42.9 Å². The van der Waals surface area contributed by atoms with Crippen molar-refractivity contribution in [1.82, 2.24) is 9.78 Å². The monoisotopic (exact) mass is 524 g/mol. The molecule has 0 bridgehead atoms. The Hall–Kier alpha value is -3.62. The van der Waals surface area contributed by atoms with E-state index in [1.54, 1.807) is 13.8 Å². The quantitative estimate of drug-likeness (QED) is 0.149. The Morgan fingerprint density at radius 2 is 1.71 bits per heavy atom. The van der Waals surface area contributed by atoms with Crippen LogP contribution in [0, 0.1) is 6.92 Å². The van der Waals surface area contributed by atoms with E-state index < -0.39 is 39.0 Å². The number of carbonyl (C=O) groups is 2. The van der Waals surface area contributed by atoms with Crippen LogP contribution in [0.1, 0.15) is 40.1 Å². The first-order valence-electron chi connectivity index (χ1n) is 10.2. The predicted molar refractivity (Wildman–Crippen MR) is 118 cm³/mol. The number of aromatic nitrogens is 3. The molecule has 0 amide bonds. The summed E-state index contributed by atoms with van der Waals surface area (Å²) in [4.78, 5) is 23.0. The van der Waals surface area contributed by atoms with Crippen molar-refractivity contribution in [3.05, 3.63) is 41.1 Å². The number of benzene rings is 1. The maximum absolute atomic E-state index is 13.4. The van der Waals surface area contributed by atoms with Crippen LogP contribution in [-0.4, -0.2) is 34.7 Å². The molecule has 35 heavy (non-hydrogen) atoms. The van der Waals surface area contributed by atoms with Crippen molar-refractivity contribution in [3.8, 4) is 5.75 Å². The van der Waals surface area contributed by atoms with E-state index in [0.717, 1.165) is 11.6 Å². The second-order valence-corrected chi connectivity index (χ2v) is 9.95. The fourth-order valence-corrected chi connectivity index (χ4v) is 4.06. The number of carbonyl (C=O) groups excluding carboxylic acids is 2. The second-order valence-electron chi connectivity index (χ2n) is 7.54. The standard InChI is InChI=1S/C20H22F5N5O4S/c1-4-33-16-8-17-29(9-14(16)19(32)34-5-2)20(27)28-30(17)10-15(31)13-7-12(6-11(3)18(13)26)35(21,22,23,24)25/h6-9H,4-5,10H2,1-3H3,(H3-,26,27,28,31)/p+1. The minimum absolute atomic E-state index is 0.0206. The van der Waals surface area contributed by atoms with Crippen LogP contribution < -0.4 is 20.6 Å². The van der Waals surface area contributed by atoms with Gasteiger partial charge in [-0.3, -0.25) is 4.79 Å². The Kier molecular flexibility index (Phi) is 5.92. The van der Waals surface area contributed by atoms with Crippen molar-refractivity contribution in [3.63, 3.8) is 0 Å². The van der Waals surface area contributed by atoms with Gasteiger partial charge in [-0.2, -0.15) is 4.40 Å². The summed E-state index contributed by atoms with van der Waals surface area (Å²) in [7, 11) is -10.1. The molecule has 0 unspecified atom stereocenters. The summed E-state index contributed by atoms with van der Waals surface area (Å²) in [5, 5.41) is 3.98. The van der Waals surface area contributed by atoms with Gasteiger partial charge in [0, 0.05) is 22.4 Å². The number of ketones is 1. The third-order valence-corrected chi connectivity index (χ3v) is 6.09. The number of hydrogen-bond donors (Lipinski definition) is 2. The van der Waals surface area contributed by atoms with Crippen molar-refractivity contribution >= 4 is 39.3 Å². The van der Waals surface area contributed by atoms with Crippen LogP contribution >= 0.6 is 10.2 Å². The molecule has 2 aromatic heterocycles. The van der Waals surface area contributed by atoms with E-state index in [-0.39, 0.29) is 59.5 Å². The zero-order valence-electron chi connectivity index (χ0n) is 18.9. The summed E-state index contributed by atoms with van der Waals surface area (Å²) in [6, 6.07) is 1.58. The topological polar surface area (TPSA) is 127 Å². The highest BCUT2D eigenvalue weighted by atomic mass is 32.5. The van der Waals surface area contributed by atoms with E-state index in [9.17, 15) is 29.0 Å². The molecule has 3 aromatic rings. The molecule has 0 spiro atoms. The maximum atomic E-state index is 13.4.